The van der Waals surface area contributed by atoms with E-state index in [9.17, 15) is 0 Å². The maximum Gasteiger partial charge on any atom is 0.0725 e. The van der Waals surface area contributed by atoms with Gasteiger partial charge in [0.1, 0.15) is 0 Å². The molecule has 2 heteroatoms. The maximum atomic E-state index is 5.44. The molecule has 2 atom stereocenters. The van der Waals surface area contributed by atoms with Crippen molar-refractivity contribution >= 4 is 0 Å². The van der Waals surface area contributed by atoms with Crippen LogP contribution in [0.4, 0.5) is 0 Å². The highest BCUT2D eigenvalue weighted by atomic mass is 16.5. The van der Waals surface area contributed by atoms with Gasteiger partial charge in [0.05, 0.1) is 6.10 Å². The summed E-state index contributed by atoms with van der Waals surface area (Å²) in [6.45, 7) is 4.20. The van der Waals surface area contributed by atoms with E-state index in [0.29, 0.717) is 6.10 Å². The predicted octanol–water partition coefficient (Wildman–Crippen LogP) is 0.631. The van der Waals surface area contributed by atoms with Crippen LogP contribution < -0.4 is 5.32 Å². The molecular weight excluding hydrogens is 114 g/mol. The molecule has 1 rings (SSSR count). The molecule has 1 heterocycles. The van der Waals surface area contributed by atoms with E-state index in [1.807, 2.05) is 7.05 Å². The first-order valence-electron chi connectivity index (χ1n) is 3.61. The highest BCUT2D eigenvalue weighted by Gasteiger charge is 2.22. The van der Waals surface area contributed by atoms with Crippen molar-refractivity contribution in [1.82, 2.24) is 5.32 Å². The lowest BCUT2D eigenvalue weighted by molar-refractivity contribution is 0.0951. The van der Waals surface area contributed by atoms with Crippen LogP contribution in [-0.4, -0.2) is 26.3 Å². The SMILES string of the molecule is CNCC1OCCC1C. The van der Waals surface area contributed by atoms with E-state index < -0.39 is 0 Å². The molecule has 0 saturated carbocycles. The highest BCUT2D eigenvalue weighted by molar-refractivity contribution is 4.73. The van der Waals surface area contributed by atoms with E-state index in [2.05, 4.69) is 12.2 Å². The first-order valence-corrected chi connectivity index (χ1v) is 3.61. The lowest BCUT2D eigenvalue weighted by Crippen LogP contribution is -2.27. The Morgan fingerprint density at radius 3 is 2.89 bits per heavy atom. The normalized spacial score (nSPS) is 35.3. The summed E-state index contributed by atoms with van der Waals surface area (Å²) < 4.78 is 5.44. The summed E-state index contributed by atoms with van der Waals surface area (Å²) in [6, 6.07) is 0. The molecule has 2 unspecified atom stereocenters. The zero-order valence-electron chi connectivity index (χ0n) is 6.18. The van der Waals surface area contributed by atoms with Gasteiger partial charge >= 0.3 is 0 Å². The van der Waals surface area contributed by atoms with Gasteiger partial charge in [0.15, 0.2) is 0 Å². The topological polar surface area (TPSA) is 21.3 Å². The Morgan fingerprint density at radius 1 is 1.67 bits per heavy atom. The first-order chi connectivity index (χ1) is 4.34. The minimum atomic E-state index is 0.468. The average Bonchev–Trinajstić information content (AvgIpc) is 2.18. The van der Waals surface area contributed by atoms with E-state index in [0.717, 1.165) is 19.1 Å². The third-order valence-electron chi connectivity index (χ3n) is 1.95. The van der Waals surface area contributed by atoms with Crippen LogP contribution in [0.5, 0.6) is 0 Å². The molecule has 1 aliphatic rings. The molecule has 0 aromatic rings. The van der Waals surface area contributed by atoms with Crippen molar-refractivity contribution in [2.24, 2.45) is 5.92 Å². The number of ether oxygens (including phenoxy) is 1. The third kappa shape index (κ3) is 1.66. The Hall–Kier alpha value is -0.0800. The molecule has 0 aliphatic carbocycles. The molecule has 54 valence electrons. The molecule has 0 bridgehead atoms. The van der Waals surface area contributed by atoms with Crippen LogP contribution in [0.15, 0.2) is 0 Å². The van der Waals surface area contributed by atoms with Crippen LogP contribution in [0, 0.1) is 5.92 Å². The second-order valence-electron chi connectivity index (χ2n) is 2.73. The second-order valence-corrected chi connectivity index (χ2v) is 2.73. The summed E-state index contributed by atoms with van der Waals surface area (Å²) in [5.41, 5.74) is 0. The van der Waals surface area contributed by atoms with E-state index >= 15 is 0 Å². The molecule has 0 amide bonds. The Balaban J connectivity index is 2.22. The van der Waals surface area contributed by atoms with Crippen LogP contribution in [0.3, 0.4) is 0 Å². The van der Waals surface area contributed by atoms with Crippen molar-refractivity contribution in [3.8, 4) is 0 Å². The van der Waals surface area contributed by atoms with Crippen molar-refractivity contribution < 1.29 is 4.74 Å². The molecule has 1 aliphatic heterocycles. The number of hydrogen-bond donors (Lipinski definition) is 1. The fourth-order valence-corrected chi connectivity index (χ4v) is 1.22. The smallest absolute Gasteiger partial charge is 0.0725 e. The molecule has 1 fully saturated rings. The Kier molecular flexibility index (Phi) is 2.49. The van der Waals surface area contributed by atoms with Gasteiger partial charge in [-0.05, 0) is 19.4 Å². The second kappa shape index (κ2) is 3.18. The summed E-state index contributed by atoms with van der Waals surface area (Å²) in [5, 5.41) is 3.12. The molecule has 0 aromatic carbocycles. The zero-order chi connectivity index (χ0) is 6.69. The molecule has 0 radical (unpaired) electrons. The number of likely N-dealkylation sites (N-methyl/N-ethyl adjacent to an activating group) is 1. The van der Waals surface area contributed by atoms with Crippen molar-refractivity contribution in [2.75, 3.05) is 20.2 Å². The van der Waals surface area contributed by atoms with Crippen LogP contribution in [0.2, 0.25) is 0 Å². The van der Waals surface area contributed by atoms with Crippen molar-refractivity contribution in [3.05, 3.63) is 0 Å². The zero-order valence-corrected chi connectivity index (χ0v) is 6.18. The van der Waals surface area contributed by atoms with Gasteiger partial charge in [-0.25, -0.2) is 0 Å². The van der Waals surface area contributed by atoms with Gasteiger partial charge in [-0.15, -0.1) is 0 Å². The van der Waals surface area contributed by atoms with Gasteiger partial charge in [-0.2, -0.15) is 0 Å². The summed E-state index contributed by atoms with van der Waals surface area (Å²) in [7, 11) is 1.97. The average molecular weight is 129 g/mol. The lowest BCUT2D eigenvalue weighted by Gasteiger charge is -2.12. The lowest BCUT2D eigenvalue weighted by atomic mass is 10.0. The summed E-state index contributed by atoms with van der Waals surface area (Å²) >= 11 is 0. The van der Waals surface area contributed by atoms with Crippen molar-refractivity contribution in [1.29, 1.82) is 0 Å². The fraction of sp³-hybridized carbons (Fsp3) is 1.00. The summed E-state index contributed by atoms with van der Waals surface area (Å²) in [6.07, 6.45) is 1.70. The van der Waals surface area contributed by atoms with Gasteiger partial charge in [-0.1, -0.05) is 6.92 Å². The monoisotopic (exact) mass is 129 g/mol. The minimum Gasteiger partial charge on any atom is -0.377 e. The van der Waals surface area contributed by atoms with Gasteiger partial charge in [-0.3, -0.25) is 0 Å². The molecule has 9 heavy (non-hydrogen) atoms. The summed E-state index contributed by atoms with van der Waals surface area (Å²) in [4.78, 5) is 0. The molecule has 1 saturated heterocycles. The van der Waals surface area contributed by atoms with E-state index in [1.54, 1.807) is 0 Å². The van der Waals surface area contributed by atoms with Gasteiger partial charge in [0, 0.05) is 13.2 Å². The van der Waals surface area contributed by atoms with E-state index in [-0.39, 0.29) is 0 Å². The predicted molar refractivity (Wildman–Crippen MR) is 37.4 cm³/mol. The number of nitrogens with one attached hydrogen (secondary N) is 1. The van der Waals surface area contributed by atoms with Gasteiger partial charge < -0.3 is 10.1 Å². The van der Waals surface area contributed by atoms with Crippen molar-refractivity contribution in [3.63, 3.8) is 0 Å². The Labute approximate surface area is 56.6 Å². The molecule has 0 spiro atoms. The third-order valence-corrected chi connectivity index (χ3v) is 1.95. The molecule has 0 aromatic heterocycles. The highest BCUT2D eigenvalue weighted by Crippen LogP contribution is 2.18. The number of hydrogen-bond acceptors (Lipinski definition) is 2. The standard InChI is InChI=1S/C7H15NO/c1-6-3-4-9-7(6)5-8-2/h6-8H,3-5H2,1-2H3. The Bertz CT molecular complexity index is 85.0. The fourth-order valence-electron chi connectivity index (χ4n) is 1.22. The van der Waals surface area contributed by atoms with Gasteiger partial charge in [0.2, 0.25) is 0 Å². The van der Waals surface area contributed by atoms with Crippen LogP contribution in [0.25, 0.3) is 0 Å². The molecule has 2 nitrogen and oxygen atoms in total. The maximum absolute atomic E-state index is 5.44. The number of rotatable bonds is 2. The van der Waals surface area contributed by atoms with E-state index in [4.69, 9.17) is 4.74 Å². The minimum absolute atomic E-state index is 0.468. The Morgan fingerprint density at radius 2 is 2.44 bits per heavy atom. The van der Waals surface area contributed by atoms with Crippen LogP contribution in [0.1, 0.15) is 13.3 Å². The largest absolute Gasteiger partial charge is 0.377 e. The van der Waals surface area contributed by atoms with Crippen molar-refractivity contribution in [2.45, 2.75) is 19.4 Å². The first kappa shape index (κ1) is 7.03. The quantitative estimate of drug-likeness (QED) is 0.590. The molecular formula is C7H15NO. The van der Waals surface area contributed by atoms with Crippen LogP contribution >= 0.6 is 0 Å². The summed E-state index contributed by atoms with van der Waals surface area (Å²) in [5.74, 6) is 0.748. The van der Waals surface area contributed by atoms with E-state index in [1.165, 1.54) is 6.42 Å². The van der Waals surface area contributed by atoms with Gasteiger partial charge in [0.25, 0.3) is 0 Å². The van der Waals surface area contributed by atoms with Crippen LogP contribution in [-0.2, 0) is 4.74 Å². The molecule has 1 N–H and O–H groups in total.